The number of carbonyl (C=O) groups excluding carboxylic acids is 2. The van der Waals surface area contributed by atoms with Crippen LogP contribution in [0.1, 0.15) is 51.4 Å². The van der Waals surface area contributed by atoms with Crippen molar-refractivity contribution in [3.05, 3.63) is 28.2 Å². The van der Waals surface area contributed by atoms with E-state index in [9.17, 15) is 9.59 Å². The summed E-state index contributed by atoms with van der Waals surface area (Å²) in [4.78, 5) is 30.2. The molecule has 7 heteroatoms. The van der Waals surface area contributed by atoms with Gasteiger partial charge in [0.05, 0.1) is 23.3 Å². The fraction of sp³-hybridized carbons (Fsp3) is 0.636. The first-order valence-corrected chi connectivity index (χ1v) is 11.6. The average molecular weight is 438 g/mol. The van der Waals surface area contributed by atoms with Gasteiger partial charge in [0.15, 0.2) is 0 Å². The molecule has 5 nitrogen and oxygen atoms in total. The number of anilines is 1. The van der Waals surface area contributed by atoms with Crippen LogP contribution in [0.25, 0.3) is 0 Å². The number of piperidine rings is 1. The second-order valence-corrected chi connectivity index (χ2v) is 9.43. The summed E-state index contributed by atoms with van der Waals surface area (Å²) < 4.78 is 0. The number of hydrogen-bond donors (Lipinski definition) is 1. The van der Waals surface area contributed by atoms with Gasteiger partial charge in [-0.3, -0.25) is 14.5 Å². The first-order valence-electron chi connectivity index (χ1n) is 10.8. The Labute approximate surface area is 182 Å². The molecule has 158 valence electrons. The van der Waals surface area contributed by atoms with E-state index < -0.39 is 0 Å². The molecule has 0 radical (unpaired) electrons. The van der Waals surface area contributed by atoms with Crippen LogP contribution in [0.2, 0.25) is 10.0 Å². The van der Waals surface area contributed by atoms with E-state index in [2.05, 4.69) is 10.2 Å². The number of amides is 2. The van der Waals surface area contributed by atoms with Crippen molar-refractivity contribution in [3.8, 4) is 0 Å². The topological polar surface area (TPSA) is 52.7 Å². The SMILES string of the molecule is O=C(Nc1cc(Cl)ccc1Cl)[C@@H]1CCCN1CC(=O)N1CCC[C@@H]2CCCC[C@H]21. The van der Waals surface area contributed by atoms with E-state index in [1.54, 1.807) is 18.2 Å². The number of halogens is 2. The first kappa shape index (κ1) is 21.0. The Balaban J connectivity index is 1.39. The third kappa shape index (κ3) is 4.73. The molecule has 0 spiro atoms. The largest absolute Gasteiger partial charge is 0.338 e. The van der Waals surface area contributed by atoms with Crippen LogP contribution in [0.15, 0.2) is 18.2 Å². The first-order chi connectivity index (χ1) is 14.0. The lowest BCUT2D eigenvalue weighted by atomic mass is 9.78. The van der Waals surface area contributed by atoms with E-state index in [0.717, 1.165) is 38.8 Å². The molecule has 1 aromatic rings. The summed E-state index contributed by atoms with van der Waals surface area (Å²) in [6.07, 6.45) is 8.93. The second-order valence-electron chi connectivity index (χ2n) is 8.58. The van der Waals surface area contributed by atoms with Gasteiger partial charge in [0.25, 0.3) is 0 Å². The lowest BCUT2D eigenvalue weighted by Gasteiger charge is -2.44. The molecular formula is C22H29Cl2N3O2. The zero-order chi connectivity index (χ0) is 20.4. The summed E-state index contributed by atoms with van der Waals surface area (Å²) in [6, 6.07) is 5.12. The number of carbonyl (C=O) groups is 2. The van der Waals surface area contributed by atoms with Crippen molar-refractivity contribution in [2.45, 2.75) is 63.5 Å². The summed E-state index contributed by atoms with van der Waals surface area (Å²) in [7, 11) is 0. The molecule has 4 rings (SSSR count). The molecule has 3 aliphatic rings. The third-order valence-corrected chi connectivity index (χ3v) is 7.32. The minimum absolute atomic E-state index is 0.117. The highest BCUT2D eigenvalue weighted by Gasteiger charge is 2.38. The quantitative estimate of drug-likeness (QED) is 0.749. The molecule has 2 saturated heterocycles. The molecule has 2 amide bonds. The van der Waals surface area contributed by atoms with E-state index in [-0.39, 0.29) is 17.9 Å². The Morgan fingerprint density at radius 3 is 2.62 bits per heavy atom. The van der Waals surface area contributed by atoms with Crippen molar-refractivity contribution in [1.29, 1.82) is 0 Å². The van der Waals surface area contributed by atoms with Gasteiger partial charge in [0.1, 0.15) is 0 Å². The Kier molecular flexibility index (Phi) is 6.67. The van der Waals surface area contributed by atoms with Crippen LogP contribution in [0.4, 0.5) is 5.69 Å². The summed E-state index contributed by atoms with van der Waals surface area (Å²) in [5.74, 6) is 0.736. The maximum atomic E-state index is 13.1. The zero-order valence-electron chi connectivity index (χ0n) is 16.7. The molecule has 2 aliphatic heterocycles. The summed E-state index contributed by atoms with van der Waals surface area (Å²) in [5.41, 5.74) is 0.517. The van der Waals surface area contributed by atoms with Crippen LogP contribution < -0.4 is 5.32 Å². The van der Waals surface area contributed by atoms with Gasteiger partial charge in [-0.2, -0.15) is 0 Å². The van der Waals surface area contributed by atoms with E-state index in [1.165, 1.54) is 25.7 Å². The molecule has 1 aromatic carbocycles. The van der Waals surface area contributed by atoms with Gasteiger partial charge in [-0.05, 0) is 69.2 Å². The van der Waals surface area contributed by atoms with Crippen molar-refractivity contribution in [2.24, 2.45) is 5.92 Å². The fourth-order valence-electron chi connectivity index (χ4n) is 5.32. The molecule has 3 fully saturated rings. The van der Waals surface area contributed by atoms with Gasteiger partial charge in [-0.1, -0.05) is 36.0 Å². The van der Waals surface area contributed by atoms with Gasteiger partial charge >= 0.3 is 0 Å². The molecule has 0 unspecified atom stereocenters. The molecule has 2 heterocycles. The molecule has 29 heavy (non-hydrogen) atoms. The van der Waals surface area contributed by atoms with E-state index in [0.29, 0.717) is 34.2 Å². The van der Waals surface area contributed by atoms with Crippen LogP contribution in [0.5, 0.6) is 0 Å². The Bertz CT molecular complexity index is 770. The van der Waals surface area contributed by atoms with E-state index >= 15 is 0 Å². The van der Waals surface area contributed by atoms with E-state index in [1.807, 2.05) is 4.90 Å². The standard InChI is InChI=1S/C22H29Cl2N3O2/c23-16-9-10-17(24)18(13-16)25-22(29)20-8-4-11-26(20)14-21(28)27-12-3-6-15-5-1-2-7-19(15)27/h9-10,13,15,19-20H,1-8,11-12,14H2,(H,25,29)/t15-,19+,20-/m0/s1. The number of rotatable bonds is 4. The van der Waals surface area contributed by atoms with Gasteiger partial charge in [-0.15, -0.1) is 0 Å². The van der Waals surface area contributed by atoms with Crippen molar-refractivity contribution in [2.75, 3.05) is 25.0 Å². The van der Waals surface area contributed by atoms with Crippen LogP contribution in [-0.2, 0) is 9.59 Å². The Morgan fingerprint density at radius 2 is 1.76 bits per heavy atom. The maximum absolute atomic E-state index is 13.1. The van der Waals surface area contributed by atoms with Crippen molar-refractivity contribution in [1.82, 2.24) is 9.80 Å². The van der Waals surface area contributed by atoms with Crippen molar-refractivity contribution in [3.63, 3.8) is 0 Å². The number of nitrogens with one attached hydrogen (secondary N) is 1. The van der Waals surface area contributed by atoms with Crippen molar-refractivity contribution < 1.29 is 9.59 Å². The van der Waals surface area contributed by atoms with E-state index in [4.69, 9.17) is 23.2 Å². The van der Waals surface area contributed by atoms with Crippen LogP contribution in [0, 0.1) is 5.92 Å². The smallest absolute Gasteiger partial charge is 0.241 e. The summed E-state index contributed by atoms with van der Waals surface area (Å²) >= 11 is 12.2. The van der Waals surface area contributed by atoms with Crippen LogP contribution in [0.3, 0.4) is 0 Å². The number of fused-ring (bicyclic) bond motifs is 1. The van der Waals surface area contributed by atoms with Gasteiger partial charge in [-0.25, -0.2) is 0 Å². The van der Waals surface area contributed by atoms with Gasteiger partial charge in [0, 0.05) is 17.6 Å². The minimum atomic E-state index is -0.305. The predicted octanol–water partition coefficient (Wildman–Crippen LogP) is 4.58. The maximum Gasteiger partial charge on any atom is 0.241 e. The predicted molar refractivity (Wildman–Crippen MR) is 116 cm³/mol. The Morgan fingerprint density at radius 1 is 1.00 bits per heavy atom. The molecular weight excluding hydrogens is 409 g/mol. The van der Waals surface area contributed by atoms with Crippen LogP contribution in [-0.4, -0.2) is 53.3 Å². The summed E-state index contributed by atoms with van der Waals surface area (Å²) in [6.45, 7) is 1.96. The number of nitrogens with zero attached hydrogens (tertiary/aromatic N) is 2. The molecule has 0 aromatic heterocycles. The molecule has 1 aliphatic carbocycles. The second kappa shape index (κ2) is 9.23. The molecule has 0 bridgehead atoms. The Hall–Kier alpha value is -1.30. The van der Waals surface area contributed by atoms with Crippen molar-refractivity contribution >= 4 is 40.7 Å². The minimum Gasteiger partial charge on any atom is -0.338 e. The summed E-state index contributed by atoms with van der Waals surface area (Å²) in [5, 5.41) is 3.88. The highest BCUT2D eigenvalue weighted by molar-refractivity contribution is 6.35. The lowest BCUT2D eigenvalue weighted by Crippen LogP contribution is -2.53. The third-order valence-electron chi connectivity index (χ3n) is 6.75. The molecule has 3 atom stereocenters. The lowest BCUT2D eigenvalue weighted by molar-refractivity contribution is -0.139. The zero-order valence-corrected chi connectivity index (χ0v) is 18.2. The van der Waals surface area contributed by atoms with Gasteiger partial charge < -0.3 is 10.2 Å². The number of benzene rings is 1. The average Bonchev–Trinajstić information content (AvgIpc) is 3.18. The fourth-order valence-corrected chi connectivity index (χ4v) is 5.66. The monoisotopic (exact) mass is 437 g/mol. The number of hydrogen-bond acceptors (Lipinski definition) is 3. The number of likely N-dealkylation sites (tertiary alicyclic amines) is 2. The van der Waals surface area contributed by atoms with Crippen LogP contribution >= 0.6 is 23.2 Å². The highest BCUT2D eigenvalue weighted by atomic mass is 35.5. The normalized spacial score (nSPS) is 27.5. The molecule has 1 saturated carbocycles. The molecule has 1 N–H and O–H groups in total. The van der Waals surface area contributed by atoms with Gasteiger partial charge in [0.2, 0.25) is 11.8 Å². The highest BCUT2D eigenvalue weighted by Crippen LogP contribution is 2.35.